The Hall–Kier alpha value is -1.11. The Labute approximate surface area is 113 Å². The molecule has 1 unspecified atom stereocenters. The van der Waals surface area contributed by atoms with Crippen molar-refractivity contribution in [2.75, 3.05) is 20.2 Å². The van der Waals surface area contributed by atoms with Crippen molar-refractivity contribution in [3.8, 4) is 5.75 Å². The second-order valence-corrected chi connectivity index (χ2v) is 7.15. The number of β-amino-alcohol motifs (C(OH)–C–C–N with tert-alkyl or cyclic N) is 1. The van der Waals surface area contributed by atoms with Crippen molar-refractivity contribution in [1.29, 1.82) is 0 Å². The van der Waals surface area contributed by atoms with Crippen LogP contribution in [0.4, 0.5) is 0 Å². The van der Waals surface area contributed by atoms with Crippen LogP contribution in [0.15, 0.2) is 23.1 Å². The molecular weight excluding hydrogens is 266 g/mol. The highest BCUT2D eigenvalue weighted by Gasteiger charge is 2.38. The highest BCUT2D eigenvalue weighted by atomic mass is 32.2. The van der Waals surface area contributed by atoms with Gasteiger partial charge < -0.3 is 9.84 Å². The fraction of sp³-hybridized carbons (Fsp3) is 0.538. The molecule has 0 amide bonds. The Morgan fingerprint density at radius 3 is 2.58 bits per heavy atom. The summed E-state index contributed by atoms with van der Waals surface area (Å²) in [4.78, 5) is 0.239. The molecule has 0 spiro atoms. The van der Waals surface area contributed by atoms with E-state index in [1.54, 1.807) is 33.1 Å². The minimum Gasteiger partial charge on any atom is -0.496 e. The van der Waals surface area contributed by atoms with E-state index >= 15 is 0 Å². The van der Waals surface area contributed by atoms with Crippen molar-refractivity contribution in [3.63, 3.8) is 0 Å². The zero-order chi connectivity index (χ0) is 14.3. The first-order valence-electron chi connectivity index (χ1n) is 6.13. The Kier molecular flexibility index (Phi) is 3.59. The quantitative estimate of drug-likeness (QED) is 0.904. The predicted molar refractivity (Wildman–Crippen MR) is 71.7 cm³/mol. The highest BCUT2D eigenvalue weighted by Crippen LogP contribution is 2.28. The number of rotatable bonds is 3. The van der Waals surface area contributed by atoms with Gasteiger partial charge in [-0.3, -0.25) is 0 Å². The number of sulfonamides is 1. The first-order chi connectivity index (χ1) is 8.76. The average molecular weight is 285 g/mol. The molecule has 1 heterocycles. The number of nitrogens with zero attached hydrogens (tertiary/aromatic N) is 1. The lowest BCUT2D eigenvalue weighted by Gasteiger charge is -2.19. The molecule has 1 aliphatic rings. The van der Waals surface area contributed by atoms with Gasteiger partial charge in [-0.25, -0.2) is 8.42 Å². The molecule has 1 saturated heterocycles. The third-order valence-corrected chi connectivity index (χ3v) is 5.26. The van der Waals surface area contributed by atoms with E-state index in [2.05, 4.69) is 0 Å². The largest absolute Gasteiger partial charge is 0.496 e. The van der Waals surface area contributed by atoms with Crippen molar-refractivity contribution in [2.24, 2.45) is 0 Å². The molecule has 1 atom stereocenters. The van der Waals surface area contributed by atoms with Gasteiger partial charge in [0.1, 0.15) is 5.75 Å². The van der Waals surface area contributed by atoms with Crippen LogP contribution < -0.4 is 4.74 Å². The van der Waals surface area contributed by atoms with Crippen LogP contribution >= 0.6 is 0 Å². The molecule has 0 bridgehead atoms. The zero-order valence-corrected chi connectivity index (χ0v) is 12.2. The van der Waals surface area contributed by atoms with Crippen LogP contribution in [0.5, 0.6) is 5.75 Å². The Balaban J connectivity index is 2.33. The lowest BCUT2D eigenvalue weighted by Crippen LogP contribution is -2.33. The van der Waals surface area contributed by atoms with Gasteiger partial charge in [0.25, 0.3) is 0 Å². The molecule has 6 heteroatoms. The molecule has 1 aromatic rings. The van der Waals surface area contributed by atoms with Crippen LogP contribution in [-0.2, 0) is 10.0 Å². The average Bonchev–Trinajstić information content (AvgIpc) is 2.70. The molecule has 5 nitrogen and oxygen atoms in total. The number of methoxy groups -OCH3 is 1. The maximum absolute atomic E-state index is 12.4. The summed E-state index contributed by atoms with van der Waals surface area (Å²) >= 11 is 0. The number of ether oxygens (including phenoxy) is 1. The number of hydrogen-bond acceptors (Lipinski definition) is 4. The summed E-state index contributed by atoms with van der Waals surface area (Å²) < 4.78 is 31.3. The van der Waals surface area contributed by atoms with Crippen LogP contribution in [0, 0.1) is 6.92 Å². The van der Waals surface area contributed by atoms with E-state index in [1.807, 2.05) is 0 Å². The summed E-state index contributed by atoms with van der Waals surface area (Å²) in [5.41, 5.74) is -0.163. The molecule has 2 rings (SSSR count). The molecule has 1 aliphatic heterocycles. The number of benzene rings is 1. The summed E-state index contributed by atoms with van der Waals surface area (Å²) in [6, 6.07) is 4.78. The van der Waals surface area contributed by atoms with Gasteiger partial charge in [0.15, 0.2) is 0 Å². The zero-order valence-electron chi connectivity index (χ0n) is 11.4. The number of hydrogen-bond donors (Lipinski definition) is 1. The Bertz CT molecular complexity index is 580. The molecule has 1 N–H and O–H groups in total. The van der Waals surface area contributed by atoms with E-state index < -0.39 is 15.6 Å². The lowest BCUT2D eigenvalue weighted by molar-refractivity contribution is 0.0762. The molecule has 0 radical (unpaired) electrons. The van der Waals surface area contributed by atoms with Crippen LogP contribution in [0.1, 0.15) is 18.9 Å². The normalized spacial score (nSPS) is 24.6. The van der Waals surface area contributed by atoms with Gasteiger partial charge in [-0.15, -0.1) is 0 Å². The minimum absolute atomic E-state index is 0.139. The number of aliphatic hydroxyl groups is 1. The van der Waals surface area contributed by atoms with E-state index in [-0.39, 0.29) is 11.4 Å². The summed E-state index contributed by atoms with van der Waals surface area (Å²) in [5.74, 6) is 0.660. The standard InChI is InChI=1S/C13H19NO4S/c1-10-8-11(4-5-12(10)18-3)19(16,17)14-7-6-13(2,15)9-14/h4-5,8,15H,6-7,9H2,1-3H3. The summed E-state index contributed by atoms with van der Waals surface area (Å²) in [7, 11) is -1.99. The Morgan fingerprint density at radius 2 is 2.11 bits per heavy atom. The SMILES string of the molecule is COc1ccc(S(=O)(=O)N2CCC(C)(O)C2)cc1C. The first-order valence-corrected chi connectivity index (χ1v) is 7.57. The highest BCUT2D eigenvalue weighted by molar-refractivity contribution is 7.89. The number of aryl methyl sites for hydroxylation is 1. The Morgan fingerprint density at radius 1 is 1.42 bits per heavy atom. The molecule has 19 heavy (non-hydrogen) atoms. The van der Waals surface area contributed by atoms with Crippen molar-refractivity contribution in [3.05, 3.63) is 23.8 Å². The topological polar surface area (TPSA) is 66.8 Å². The minimum atomic E-state index is -3.54. The summed E-state index contributed by atoms with van der Waals surface area (Å²) in [5, 5.41) is 9.89. The smallest absolute Gasteiger partial charge is 0.243 e. The van der Waals surface area contributed by atoms with Crippen molar-refractivity contribution in [1.82, 2.24) is 4.31 Å². The van der Waals surface area contributed by atoms with Crippen LogP contribution in [-0.4, -0.2) is 43.6 Å². The summed E-state index contributed by atoms with van der Waals surface area (Å²) in [6.07, 6.45) is 0.460. The van der Waals surface area contributed by atoms with Crippen LogP contribution in [0.3, 0.4) is 0 Å². The maximum Gasteiger partial charge on any atom is 0.243 e. The summed E-state index contributed by atoms with van der Waals surface area (Å²) in [6.45, 7) is 3.95. The van der Waals surface area contributed by atoms with Crippen molar-refractivity contribution in [2.45, 2.75) is 30.8 Å². The predicted octanol–water partition coefficient (Wildman–Crippen LogP) is 1.15. The van der Waals surface area contributed by atoms with Gasteiger partial charge in [-0.1, -0.05) is 0 Å². The van der Waals surface area contributed by atoms with E-state index in [1.165, 1.54) is 10.4 Å². The van der Waals surface area contributed by atoms with Crippen LogP contribution in [0.25, 0.3) is 0 Å². The van der Waals surface area contributed by atoms with E-state index in [0.29, 0.717) is 18.7 Å². The molecule has 0 saturated carbocycles. The van der Waals surface area contributed by atoms with Gasteiger partial charge in [0.05, 0.1) is 17.6 Å². The first kappa shape index (κ1) is 14.3. The molecule has 1 fully saturated rings. The van der Waals surface area contributed by atoms with Crippen molar-refractivity contribution >= 4 is 10.0 Å². The van der Waals surface area contributed by atoms with E-state index in [0.717, 1.165) is 5.56 Å². The van der Waals surface area contributed by atoms with E-state index in [9.17, 15) is 13.5 Å². The van der Waals surface area contributed by atoms with Crippen molar-refractivity contribution < 1.29 is 18.3 Å². The molecule has 1 aromatic carbocycles. The fourth-order valence-corrected chi connectivity index (χ4v) is 3.91. The molecule has 0 aliphatic carbocycles. The van der Waals surface area contributed by atoms with Gasteiger partial charge in [-0.2, -0.15) is 4.31 Å². The van der Waals surface area contributed by atoms with Crippen LogP contribution in [0.2, 0.25) is 0 Å². The molecule has 106 valence electrons. The van der Waals surface area contributed by atoms with Gasteiger partial charge in [0, 0.05) is 13.1 Å². The third kappa shape index (κ3) is 2.75. The van der Waals surface area contributed by atoms with E-state index in [4.69, 9.17) is 4.74 Å². The monoisotopic (exact) mass is 285 g/mol. The molecule has 0 aromatic heterocycles. The second kappa shape index (κ2) is 4.77. The fourth-order valence-electron chi connectivity index (χ4n) is 2.27. The van der Waals surface area contributed by atoms with Gasteiger partial charge in [0.2, 0.25) is 10.0 Å². The third-order valence-electron chi connectivity index (χ3n) is 3.42. The second-order valence-electron chi connectivity index (χ2n) is 5.22. The van der Waals surface area contributed by atoms with Gasteiger partial charge >= 0.3 is 0 Å². The lowest BCUT2D eigenvalue weighted by atomic mass is 10.1. The molecular formula is C13H19NO4S. The van der Waals surface area contributed by atoms with Gasteiger partial charge in [-0.05, 0) is 44.0 Å². The maximum atomic E-state index is 12.4.